The second kappa shape index (κ2) is 6.01. The molecule has 116 valence electrons. The Morgan fingerprint density at radius 3 is 2.96 bits per heavy atom. The van der Waals surface area contributed by atoms with Crippen LogP contribution in [0.4, 0.5) is 0 Å². The molecule has 1 aliphatic heterocycles. The maximum Gasteiger partial charge on any atom is 0.254 e. The van der Waals surface area contributed by atoms with Gasteiger partial charge < -0.3 is 4.90 Å². The number of rotatable bonds is 3. The number of hydrogen-bond donors (Lipinski definition) is 1. The van der Waals surface area contributed by atoms with Crippen LogP contribution in [0, 0.1) is 0 Å². The van der Waals surface area contributed by atoms with Gasteiger partial charge in [-0.3, -0.25) is 9.89 Å². The molecule has 0 radical (unpaired) electrons. The summed E-state index contributed by atoms with van der Waals surface area (Å²) in [6, 6.07) is 12.4. The van der Waals surface area contributed by atoms with Crippen LogP contribution in [0.2, 0.25) is 0 Å². The summed E-state index contributed by atoms with van der Waals surface area (Å²) in [7, 11) is 0. The second-order valence-corrected chi connectivity index (χ2v) is 6.75. The molecule has 2 aromatic heterocycles. The molecular weight excluding hydrogens is 306 g/mol. The number of aromatic nitrogens is 2. The van der Waals surface area contributed by atoms with Crippen molar-refractivity contribution in [1.82, 2.24) is 15.1 Å². The van der Waals surface area contributed by atoms with Crippen LogP contribution >= 0.6 is 11.3 Å². The molecule has 0 aliphatic carbocycles. The van der Waals surface area contributed by atoms with E-state index in [0.29, 0.717) is 5.92 Å². The molecule has 4 rings (SSSR count). The molecule has 1 N–H and O–H groups in total. The van der Waals surface area contributed by atoms with Crippen molar-refractivity contribution in [2.75, 3.05) is 13.1 Å². The summed E-state index contributed by atoms with van der Waals surface area (Å²) in [5, 5.41) is 8.71. The average molecular weight is 323 g/mol. The Hall–Kier alpha value is -2.40. The third-order valence-electron chi connectivity index (χ3n) is 4.38. The van der Waals surface area contributed by atoms with Crippen molar-refractivity contribution in [3.8, 4) is 10.4 Å². The maximum atomic E-state index is 12.7. The molecule has 1 aliphatic rings. The van der Waals surface area contributed by atoms with Crippen LogP contribution in [0.3, 0.4) is 0 Å². The van der Waals surface area contributed by atoms with Crippen LogP contribution in [-0.2, 0) is 0 Å². The van der Waals surface area contributed by atoms with E-state index in [0.717, 1.165) is 35.5 Å². The minimum atomic E-state index is 0.134. The van der Waals surface area contributed by atoms with Crippen LogP contribution in [0.5, 0.6) is 0 Å². The van der Waals surface area contributed by atoms with Gasteiger partial charge in [0.05, 0.1) is 11.8 Å². The van der Waals surface area contributed by atoms with Crippen molar-refractivity contribution in [2.24, 2.45) is 0 Å². The van der Waals surface area contributed by atoms with Crippen molar-refractivity contribution >= 4 is 17.2 Å². The van der Waals surface area contributed by atoms with Gasteiger partial charge in [0.2, 0.25) is 0 Å². The Bertz CT molecular complexity index is 795. The van der Waals surface area contributed by atoms with E-state index in [4.69, 9.17) is 0 Å². The molecule has 23 heavy (non-hydrogen) atoms. The smallest absolute Gasteiger partial charge is 0.254 e. The fraction of sp³-hybridized carbons (Fsp3) is 0.222. The number of nitrogens with one attached hydrogen (secondary N) is 1. The zero-order valence-corrected chi connectivity index (χ0v) is 13.4. The third kappa shape index (κ3) is 2.80. The molecule has 0 saturated carbocycles. The molecule has 3 aromatic rings. The van der Waals surface area contributed by atoms with Crippen molar-refractivity contribution in [2.45, 2.75) is 12.3 Å². The summed E-state index contributed by atoms with van der Waals surface area (Å²) in [5.41, 5.74) is 3.13. The lowest BCUT2D eigenvalue weighted by atomic mass is 9.99. The predicted octanol–water partition coefficient (Wildman–Crippen LogP) is 3.77. The monoisotopic (exact) mass is 323 g/mol. The predicted molar refractivity (Wildman–Crippen MR) is 91.6 cm³/mol. The zero-order valence-electron chi connectivity index (χ0n) is 12.6. The molecular formula is C18H17N3OS. The fourth-order valence-electron chi connectivity index (χ4n) is 3.11. The van der Waals surface area contributed by atoms with Crippen LogP contribution in [0.1, 0.15) is 28.3 Å². The van der Waals surface area contributed by atoms with Crippen molar-refractivity contribution in [3.63, 3.8) is 0 Å². The molecule has 0 bridgehead atoms. The Balaban J connectivity index is 1.48. The number of carbonyl (C=O) groups excluding carboxylic acids is 1. The van der Waals surface area contributed by atoms with E-state index in [1.54, 1.807) is 17.5 Å². The maximum absolute atomic E-state index is 12.7. The minimum absolute atomic E-state index is 0.134. The lowest BCUT2D eigenvalue weighted by Crippen LogP contribution is -2.28. The van der Waals surface area contributed by atoms with Gasteiger partial charge in [-0.25, -0.2) is 0 Å². The highest BCUT2D eigenvalue weighted by Crippen LogP contribution is 2.30. The number of benzene rings is 1. The third-order valence-corrected chi connectivity index (χ3v) is 5.35. The number of thiophene rings is 1. The highest BCUT2D eigenvalue weighted by atomic mass is 32.1. The van der Waals surface area contributed by atoms with E-state index in [1.165, 1.54) is 5.56 Å². The van der Waals surface area contributed by atoms with Gasteiger partial charge in [-0.2, -0.15) is 5.10 Å². The van der Waals surface area contributed by atoms with E-state index in [2.05, 4.69) is 34.5 Å². The van der Waals surface area contributed by atoms with Gasteiger partial charge in [0.1, 0.15) is 0 Å². The summed E-state index contributed by atoms with van der Waals surface area (Å²) in [6.07, 6.45) is 4.66. The molecule has 1 fully saturated rings. The highest BCUT2D eigenvalue weighted by molar-refractivity contribution is 7.13. The first kappa shape index (κ1) is 14.2. The molecule has 1 saturated heterocycles. The van der Waals surface area contributed by atoms with Gasteiger partial charge >= 0.3 is 0 Å². The molecule has 5 heteroatoms. The Morgan fingerprint density at radius 2 is 2.17 bits per heavy atom. The van der Waals surface area contributed by atoms with Crippen molar-refractivity contribution in [1.29, 1.82) is 0 Å². The Morgan fingerprint density at radius 1 is 1.30 bits per heavy atom. The Labute approximate surface area is 138 Å². The van der Waals surface area contributed by atoms with E-state index in [1.807, 2.05) is 28.6 Å². The van der Waals surface area contributed by atoms with Gasteiger partial charge in [-0.15, -0.1) is 11.3 Å². The summed E-state index contributed by atoms with van der Waals surface area (Å²) in [4.78, 5) is 15.8. The van der Waals surface area contributed by atoms with Crippen LogP contribution in [0.25, 0.3) is 10.4 Å². The van der Waals surface area contributed by atoms with E-state index >= 15 is 0 Å². The van der Waals surface area contributed by atoms with Gasteiger partial charge in [0.15, 0.2) is 0 Å². The summed E-state index contributed by atoms with van der Waals surface area (Å²) < 4.78 is 0. The number of likely N-dealkylation sites (tertiary alicyclic amines) is 1. The standard InChI is InChI=1S/C18H17N3OS/c22-18(15-8-17(23-12-15)16-9-19-20-10-16)21-7-6-14(11-21)13-4-2-1-3-5-13/h1-5,8-10,12,14H,6-7,11H2,(H,19,20). The molecule has 3 heterocycles. The average Bonchev–Trinajstić information content (AvgIpc) is 3.35. The first-order valence-corrected chi connectivity index (χ1v) is 8.61. The minimum Gasteiger partial charge on any atom is -0.338 e. The van der Waals surface area contributed by atoms with Crippen molar-refractivity contribution in [3.05, 3.63) is 65.3 Å². The van der Waals surface area contributed by atoms with Gasteiger partial charge in [-0.05, 0) is 18.1 Å². The highest BCUT2D eigenvalue weighted by Gasteiger charge is 2.28. The summed E-state index contributed by atoms with van der Waals surface area (Å²) in [6.45, 7) is 1.63. The van der Waals surface area contributed by atoms with Gasteiger partial charge in [0.25, 0.3) is 5.91 Å². The van der Waals surface area contributed by atoms with Crippen LogP contribution in [0.15, 0.2) is 54.2 Å². The number of amides is 1. The second-order valence-electron chi connectivity index (χ2n) is 5.83. The van der Waals surface area contributed by atoms with E-state index in [-0.39, 0.29) is 5.91 Å². The summed E-state index contributed by atoms with van der Waals surface area (Å²) in [5.74, 6) is 0.585. The molecule has 1 aromatic carbocycles. The first-order valence-electron chi connectivity index (χ1n) is 7.73. The number of carbonyl (C=O) groups is 1. The summed E-state index contributed by atoms with van der Waals surface area (Å²) >= 11 is 1.58. The lowest BCUT2D eigenvalue weighted by Gasteiger charge is -2.16. The number of H-pyrrole nitrogens is 1. The number of aromatic amines is 1. The van der Waals surface area contributed by atoms with Crippen LogP contribution < -0.4 is 0 Å². The van der Waals surface area contributed by atoms with Gasteiger partial charge in [-0.1, -0.05) is 30.3 Å². The number of hydrogen-bond acceptors (Lipinski definition) is 3. The molecule has 1 unspecified atom stereocenters. The normalized spacial score (nSPS) is 17.6. The Kier molecular flexibility index (Phi) is 3.71. The molecule has 4 nitrogen and oxygen atoms in total. The quantitative estimate of drug-likeness (QED) is 0.797. The number of nitrogens with zero attached hydrogens (tertiary/aromatic N) is 2. The zero-order chi connectivity index (χ0) is 15.6. The van der Waals surface area contributed by atoms with Gasteiger partial charge in [0, 0.05) is 41.0 Å². The van der Waals surface area contributed by atoms with Crippen LogP contribution in [-0.4, -0.2) is 34.1 Å². The molecule has 1 atom stereocenters. The molecule has 1 amide bonds. The lowest BCUT2D eigenvalue weighted by molar-refractivity contribution is 0.0791. The van der Waals surface area contributed by atoms with E-state index < -0.39 is 0 Å². The SMILES string of the molecule is O=C(c1csc(-c2cn[nH]c2)c1)N1CCC(c2ccccc2)C1. The first-order chi connectivity index (χ1) is 11.3. The fourth-order valence-corrected chi connectivity index (χ4v) is 3.98. The molecule has 0 spiro atoms. The largest absolute Gasteiger partial charge is 0.338 e. The van der Waals surface area contributed by atoms with Crippen molar-refractivity contribution < 1.29 is 4.79 Å². The van der Waals surface area contributed by atoms with E-state index in [9.17, 15) is 4.79 Å². The topological polar surface area (TPSA) is 49.0 Å².